The first-order valence-corrected chi connectivity index (χ1v) is 5.09. The van der Waals surface area contributed by atoms with Crippen molar-refractivity contribution in [3.63, 3.8) is 0 Å². The molecule has 1 heterocycles. The van der Waals surface area contributed by atoms with E-state index in [2.05, 4.69) is 25.2 Å². The zero-order valence-electron chi connectivity index (χ0n) is 9.68. The van der Waals surface area contributed by atoms with E-state index in [-0.39, 0.29) is 5.41 Å². The average molecular weight is 207 g/mol. The fourth-order valence-corrected chi connectivity index (χ4v) is 2.00. The summed E-state index contributed by atoms with van der Waals surface area (Å²) in [6.45, 7) is 5.40. The third kappa shape index (κ3) is 1.52. The minimum Gasteiger partial charge on any atom is -0.493 e. The van der Waals surface area contributed by atoms with Crippen molar-refractivity contribution in [1.82, 2.24) is 0 Å². The number of methoxy groups -OCH3 is 2. The maximum absolute atomic E-state index is 5.30. The topological polar surface area (TPSA) is 30.5 Å². The first-order valence-electron chi connectivity index (χ1n) is 5.09. The van der Waals surface area contributed by atoms with Crippen LogP contribution in [0.2, 0.25) is 0 Å². The van der Waals surface area contributed by atoms with Gasteiger partial charge in [-0.1, -0.05) is 13.8 Å². The fourth-order valence-electron chi connectivity index (χ4n) is 2.00. The highest BCUT2D eigenvalue weighted by molar-refractivity contribution is 5.66. The molecule has 0 spiro atoms. The van der Waals surface area contributed by atoms with Crippen LogP contribution in [0.5, 0.6) is 11.5 Å². The molecule has 0 unspecified atom stereocenters. The predicted molar refractivity (Wildman–Crippen MR) is 61.1 cm³/mol. The van der Waals surface area contributed by atoms with Gasteiger partial charge in [0.1, 0.15) is 0 Å². The second-order valence-corrected chi connectivity index (χ2v) is 4.49. The Morgan fingerprint density at radius 2 is 1.73 bits per heavy atom. The van der Waals surface area contributed by atoms with Gasteiger partial charge in [-0.25, -0.2) is 0 Å². The maximum atomic E-state index is 5.30. The first kappa shape index (κ1) is 10.1. The molecular weight excluding hydrogens is 190 g/mol. The Hall–Kier alpha value is -1.38. The lowest BCUT2D eigenvalue weighted by molar-refractivity contribution is 0.354. The molecule has 2 rings (SSSR count). The molecule has 1 aliphatic heterocycles. The van der Waals surface area contributed by atoms with Crippen LogP contribution < -0.4 is 14.8 Å². The number of ether oxygens (including phenoxy) is 2. The van der Waals surface area contributed by atoms with Crippen LogP contribution in [0.4, 0.5) is 5.69 Å². The quantitative estimate of drug-likeness (QED) is 0.807. The van der Waals surface area contributed by atoms with Gasteiger partial charge in [-0.3, -0.25) is 0 Å². The zero-order valence-corrected chi connectivity index (χ0v) is 9.68. The molecule has 15 heavy (non-hydrogen) atoms. The molecule has 0 bridgehead atoms. The van der Waals surface area contributed by atoms with Gasteiger partial charge in [-0.15, -0.1) is 0 Å². The molecule has 1 aromatic rings. The fraction of sp³-hybridized carbons (Fsp3) is 0.500. The summed E-state index contributed by atoms with van der Waals surface area (Å²) < 4.78 is 10.6. The maximum Gasteiger partial charge on any atom is 0.162 e. The Labute approximate surface area is 90.4 Å². The molecule has 1 aromatic carbocycles. The van der Waals surface area contributed by atoms with Crippen molar-refractivity contribution in [2.24, 2.45) is 0 Å². The summed E-state index contributed by atoms with van der Waals surface area (Å²) in [6.07, 6.45) is 0. The van der Waals surface area contributed by atoms with Crippen molar-refractivity contribution in [3.05, 3.63) is 17.7 Å². The molecule has 0 fully saturated rings. The van der Waals surface area contributed by atoms with Gasteiger partial charge in [0.2, 0.25) is 0 Å². The van der Waals surface area contributed by atoms with Crippen LogP contribution in [-0.2, 0) is 5.41 Å². The smallest absolute Gasteiger partial charge is 0.162 e. The highest BCUT2D eigenvalue weighted by atomic mass is 16.5. The molecule has 3 nitrogen and oxygen atoms in total. The number of fused-ring (bicyclic) bond motifs is 1. The largest absolute Gasteiger partial charge is 0.493 e. The summed E-state index contributed by atoms with van der Waals surface area (Å²) in [5.41, 5.74) is 2.60. The SMILES string of the molecule is COc1cc2c(cc1OC)C(C)(C)CN2. The van der Waals surface area contributed by atoms with E-state index in [0.717, 1.165) is 23.7 Å². The Morgan fingerprint density at radius 1 is 1.13 bits per heavy atom. The van der Waals surface area contributed by atoms with Crippen LogP contribution in [0.3, 0.4) is 0 Å². The highest BCUT2D eigenvalue weighted by Gasteiger charge is 2.31. The lowest BCUT2D eigenvalue weighted by Gasteiger charge is -2.18. The zero-order chi connectivity index (χ0) is 11.1. The average Bonchev–Trinajstić information content (AvgIpc) is 2.52. The molecule has 0 amide bonds. The van der Waals surface area contributed by atoms with Crippen LogP contribution >= 0.6 is 0 Å². The first-order chi connectivity index (χ1) is 7.08. The van der Waals surface area contributed by atoms with Crippen molar-refractivity contribution < 1.29 is 9.47 Å². The van der Waals surface area contributed by atoms with E-state index < -0.39 is 0 Å². The van der Waals surface area contributed by atoms with E-state index in [1.54, 1.807) is 14.2 Å². The Bertz CT molecular complexity index is 385. The minimum atomic E-state index is 0.162. The summed E-state index contributed by atoms with van der Waals surface area (Å²) in [5.74, 6) is 1.58. The lowest BCUT2D eigenvalue weighted by atomic mass is 9.87. The van der Waals surface area contributed by atoms with Gasteiger partial charge in [-0.05, 0) is 11.6 Å². The van der Waals surface area contributed by atoms with Crippen molar-refractivity contribution in [1.29, 1.82) is 0 Å². The van der Waals surface area contributed by atoms with Crippen LogP contribution in [0.15, 0.2) is 12.1 Å². The molecule has 0 atom stereocenters. The van der Waals surface area contributed by atoms with Gasteiger partial charge in [0, 0.05) is 23.7 Å². The molecule has 0 aromatic heterocycles. The molecule has 0 saturated carbocycles. The monoisotopic (exact) mass is 207 g/mol. The Morgan fingerprint density at radius 3 is 2.33 bits per heavy atom. The van der Waals surface area contributed by atoms with Crippen molar-refractivity contribution >= 4 is 5.69 Å². The van der Waals surface area contributed by atoms with Gasteiger partial charge in [0.25, 0.3) is 0 Å². The number of anilines is 1. The van der Waals surface area contributed by atoms with Gasteiger partial charge in [0.15, 0.2) is 11.5 Å². The molecule has 0 aliphatic carbocycles. The minimum absolute atomic E-state index is 0.162. The van der Waals surface area contributed by atoms with Gasteiger partial charge >= 0.3 is 0 Å². The van der Waals surface area contributed by atoms with E-state index in [0.29, 0.717) is 0 Å². The number of rotatable bonds is 2. The van der Waals surface area contributed by atoms with Crippen molar-refractivity contribution in [2.45, 2.75) is 19.3 Å². The molecular formula is C12H17NO2. The molecule has 1 aliphatic rings. The van der Waals surface area contributed by atoms with E-state index >= 15 is 0 Å². The normalized spacial score (nSPS) is 16.8. The second-order valence-electron chi connectivity index (χ2n) is 4.49. The summed E-state index contributed by atoms with van der Waals surface area (Å²) >= 11 is 0. The molecule has 0 saturated heterocycles. The van der Waals surface area contributed by atoms with E-state index in [4.69, 9.17) is 9.47 Å². The van der Waals surface area contributed by atoms with Crippen LogP contribution in [0.25, 0.3) is 0 Å². The Kier molecular flexibility index (Phi) is 2.25. The number of hydrogen-bond acceptors (Lipinski definition) is 3. The molecule has 82 valence electrons. The highest BCUT2D eigenvalue weighted by Crippen LogP contribution is 2.42. The van der Waals surface area contributed by atoms with Crippen molar-refractivity contribution in [3.8, 4) is 11.5 Å². The van der Waals surface area contributed by atoms with E-state index in [1.807, 2.05) is 6.07 Å². The lowest BCUT2D eigenvalue weighted by Crippen LogP contribution is -2.18. The van der Waals surface area contributed by atoms with Gasteiger partial charge in [0.05, 0.1) is 14.2 Å². The van der Waals surface area contributed by atoms with E-state index in [1.165, 1.54) is 5.56 Å². The Balaban J connectivity index is 2.54. The van der Waals surface area contributed by atoms with Crippen LogP contribution in [0, 0.1) is 0 Å². The standard InChI is InChI=1S/C12H17NO2/c1-12(2)7-13-9-6-11(15-4)10(14-3)5-8(9)12/h5-6,13H,7H2,1-4H3. The summed E-state index contributed by atoms with van der Waals surface area (Å²) in [7, 11) is 3.32. The second kappa shape index (κ2) is 3.33. The van der Waals surface area contributed by atoms with Gasteiger partial charge in [-0.2, -0.15) is 0 Å². The van der Waals surface area contributed by atoms with Crippen LogP contribution in [-0.4, -0.2) is 20.8 Å². The summed E-state index contributed by atoms with van der Waals surface area (Å²) in [6, 6.07) is 4.07. The molecule has 3 heteroatoms. The molecule has 1 N–H and O–H groups in total. The number of nitrogens with one attached hydrogen (secondary N) is 1. The third-order valence-corrected chi connectivity index (χ3v) is 2.97. The third-order valence-electron chi connectivity index (χ3n) is 2.97. The number of benzene rings is 1. The number of hydrogen-bond donors (Lipinski definition) is 1. The van der Waals surface area contributed by atoms with Crippen molar-refractivity contribution in [2.75, 3.05) is 26.1 Å². The molecule has 0 radical (unpaired) electrons. The predicted octanol–water partition coefficient (Wildman–Crippen LogP) is 2.41. The van der Waals surface area contributed by atoms with E-state index in [9.17, 15) is 0 Å². The van der Waals surface area contributed by atoms with Gasteiger partial charge < -0.3 is 14.8 Å². The van der Waals surface area contributed by atoms with Crippen LogP contribution in [0.1, 0.15) is 19.4 Å². The summed E-state index contributed by atoms with van der Waals surface area (Å²) in [5, 5.41) is 3.38. The summed E-state index contributed by atoms with van der Waals surface area (Å²) in [4.78, 5) is 0.